The van der Waals surface area contributed by atoms with Gasteiger partial charge in [0.25, 0.3) is 0 Å². The number of piperidine rings is 2. The molecule has 3 aromatic heterocycles. The van der Waals surface area contributed by atoms with Crippen molar-refractivity contribution < 1.29 is 14.0 Å². The first-order valence-electron chi connectivity index (χ1n) is 17.9. The molecule has 1 aromatic carbocycles. The van der Waals surface area contributed by atoms with Gasteiger partial charge in [-0.25, -0.2) is 14.4 Å². The van der Waals surface area contributed by atoms with Crippen LogP contribution < -0.4 is 10.2 Å². The van der Waals surface area contributed by atoms with Crippen molar-refractivity contribution in [1.82, 2.24) is 29.3 Å². The molecular formula is C38H45FN8O2. The normalized spacial score (nSPS) is 23.7. The van der Waals surface area contributed by atoms with Crippen molar-refractivity contribution >= 4 is 40.0 Å². The second-order valence-corrected chi connectivity index (χ2v) is 14.8. The van der Waals surface area contributed by atoms with Crippen molar-refractivity contribution in [1.29, 1.82) is 0 Å². The third kappa shape index (κ3) is 5.28. The number of carbonyl (C=O) groups is 2. The van der Waals surface area contributed by atoms with Crippen LogP contribution in [0.15, 0.2) is 49.1 Å². The molecule has 256 valence electrons. The highest BCUT2D eigenvalue weighted by atomic mass is 19.1. The standard InChI is InChI=1S/C38H45FN8O2/c1-23(2)46-22-41-33-20-32(43-36(35(33)46)42-31-10-13-40-21-30(31)39)26-8-9-29-34(17-26)47(28-18-27(19-28)45-14-6-5-7-24(45)3)37(49)38(29)11-15-44(16-12-38)25(4)48/h8-10,13,17,20-24,27-28H,5-7,11-12,14-16,18-19H2,1-4H3,(H,40,42,43)/t24-,27?,28?/m0/s1. The van der Waals surface area contributed by atoms with E-state index in [1.54, 1.807) is 25.5 Å². The van der Waals surface area contributed by atoms with Crippen molar-refractivity contribution in [3.05, 3.63) is 60.4 Å². The maximum absolute atomic E-state index is 14.8. The number of rotatable bonds is 6. The molecule has 1 spiro atoms. The van der Waals surface area contributed by atoms with E-state index in [1.165, 1.54) is 25.5 Å². The van der Waals surface area contributed by atoms with Crippen LogP contribution >= 0.6 is 0 Å². The second-order valence-electron chi connectivity index (χ2n) is 14.8. The lowest BCUT2D eigenvalue weighted by atomic mass is 9.73. The molecule has 1 atom stereocenters. The van der Waals surface area contributed by atoms with Crippen molar-refractivity contribution in [3.63, 3.8) is 0 Å². The number of halogens is 1. The molecule has 1 saturated carbocycles. The molecule has 10 nitrogen and oxygen atoms in total. The molecule has 4 aromatic rings. The van der Waals surface area contributed by atoms with Gasteiger partial charge in [-0.15, -0.1) is 0 Å². The minimum Gasteiger partial charge on any atom is -0.343 e. The Morgan fingerprint density at radius 2 is 1.86 bits per heavy atom. The first-order valence-corrected chi connectivity index (χ1v) is 17.9. The predicted molar refractivity (Wildman–Crippen MR) is 188 cm³/mol. The Morgan fingerprint density at radius 1 is 1.06 bits per heavy atom. The number of likely N-dealkylation sites (tertiary alicyclic amines) is 2. The monoisotopic (exact) mass is 664 g/mol. The van der Waals surface area contributed by atoms with Crippen LogP contribution in [0, 0.1) is 5.82 Å². The molecule has 0 radical (unpaired) electrons. The molecule has 8 rings (SSSR count). The molecule has 2 amide bonds. The van der Waals surface area contributed by atoms with E-state index in [9.17, 15) is 14.0 Å². The number of nitrogens with zero attached hydrogens (tertiary/aromatic N) is 7. The Balaban J connectivity index is 1.19. The Hall–Kier alpha value is -4.38. The highest BCUT2D eigenvalue weighted by molar-refractivity contribution is 6.09. The molecule has 0 unspecified atom stereocenters. The summed E-state index contributed by atoms with van der Waals surface area (Å²) in [4.78, 5) is 47.3. The van der Waals surface area contributed by atoms with Crippen LogP contribution in [0.4, 0.5) is 21.6 Å². The van der Waals surface area contributed by atoms with Gasteiger partial charge in [-0.1, -0.05) is 18.6 Å². The van der Waals surface area contributed by atoms with Gasteiger partial charge >= 0.3 is 0 Å². The number of imidazole rings is 1. The van der Waals surface area contributed by atoms with Gasteiger partial charge in [0.2, 0.25) is 11.8 Å². The Labute approximate surface area is 286 Å². The van der Waals surface area contributed by atoms with Crippen molar-refractivity contribution in [2.45, 2.75) is 102 Å². The second kappa shape index (κ2) is 12.2. The number of carbonyl (C=O) groups excluding carboxylic acids is 2. The van der Waals surface area contributed by atoms with E-state index in [2.05, 4.69) is 59.1 Å². The minimum absolute atomic E-state index is 0.0580. The molecular weight excluding hydrogens is 619 g/mol. The average molecular weight is 665 g/mol. The minimum atomic E-state index is -0.637. The molecule has 1 aliphatic carbocycles. The average Bonchev–Trinajstić information content (AvgIpc) is 3.60. The largest absolute Gasteiger partial charge is 0.343 e. The van der Waals surface area contributed by atoms with Crippen LogP contribution in [0.5, 0.6) is 0 Å². The van der Waals surface area contributed by atoms with Crippen LogP contribution in [0.3, 0.4) is 0 Å². The van der Waals surface area contributed by atoms with Crippen molar-refractivity contribution in [2.24, 2.45) is 0 Å². The Bertz CT molecular complexity index is 1930. The summed E-state index contributed by atoms with van der Waals surface area (Å²) in [5.41, 5.74) is 4.75. The number of aromatic nitrogens is 4. The fraction of sp³-hybridized carbons (Fsp3) is 0.500. The Kier molecular flexibility index (Phi) is 7.93. The molecule has 49 heavy (non-hydrogen) atoms. The van der Waals surface area contributed by atoms with Gasteiger partial charge in [-0.05, 0) is 89.6 Å². The van der Waals surface area contributed by atoms with Crippen LogP contribution in [-0.4, -0.2) is 78.9 Å². The zero-order chi connectivity index (χ0) is 34.0. The van der Waals surface area contributed by atoms with Gasteiger partial charge in [-0.2, -0.15) is 0 Å². The van der Waals surface area contributed by atoms with E-state index in [-0.39, 0.29) is 29.6 Å². The fourth-order valence-corrected chi connectivity index (χ4v) is 8.79. The van der Waals surface area contributed by atoms with Crippen molar-refractivity contribution in [3.8, 4) is 11.3 Å². The quantitative estimate of drug-likeness (QED) is 0.248. The van der Waals surface area contributed by atoms with Crippen LogP contribution in [0.2, 0.25) is 0 Å². The zero-order valence-corrected chi connectivity index (χ0v) is 28.8. The highest BCUT2D eigenvalue weighted by Crippen LogP contribution is 2.52. The van der Waals surface area contributed by atoms with Gasteiger partial charge in [0.1, 0.15) is 5.52 Å². The SMILES string of the molecule is CC(=O)N1CCC2(CC1)C(=O)N(C1CC(N3CCCC[C@@H]3C)C1)c1cc(-c3cc4ncn(C(C)C)c4c(Nc4ccncc4F)n3)ccc12. The van der Waals surface area contributed by atoms with Crippen LogP contribution in [0.25, 0.3) is 22.3 Å². The van der Waals surface area contributed by atoms with Crippen molar-refractivity contribution in [2.75, 3.05) is 29.9 Å². The third-order valence-electron chi connectivity index (χ3n) is 11.7. The molecule has 1 N–H and O–H groups in total. The predicted octanol–water partition coefficient (Wildman–Crippen LogP) is 6.59. The number of amides is 2. The zero-order valence-electron chi connectivity index (χ0n) is 28.8. The highest BCUT2D eigenvalue weighted by Gasteiger charge is 2.56. The van der Waals surface area contributed by atoms with Gasteiger partial charge < -0.3 is 19.7 Å². The third-order valence-corrected chi connectivity index (χ3v) is 11.7. The number of pyridine rings is 2. The summed E-state index contributed by atoms with van der Waals surface area (Å²) in [6, 6.07) is 11.2. The summed E-state index contributed by atoms with van der Waals surface area (Å²) in [5, 5.41) is 3.22. The molecule has 3 aliphatic heterocycles. The maximum atomic E-state index is 14.8. The summed E-state index contributed by atoms with van der Waals surface area (Å²) in [5.74, 6) is 0.266. The van der Waals surface area contributed by atoms with E-state index in [0.717, 1.165) is 47.2 Å². The van der Waals surface area contributed by atoms with Gasteiger partial charge in [0, 0.05) is 61.6 Å². The topological polar surface area (TPSA) is 99.5 Å². The molecule has 4 aliphatic rings. The lowest BCUT2D eigenvalue weighted by Gasteiger charge is -2.50. The van der Waals surface area contributed by atoms with E-state index in [1.807, 2.05) is 15.5 Å². The van der Waals surface area contributed by atoms with Gasteiger partial charge in [0.15, 0.2) is 11.6 Å². The first-order chi connectivity index (χ1) is 23.6. The van der Waals surface area contributed by atoms with Gasteiger partial charge in [-0.3, -0.25) is 19.5 Å². The number of benzene rings is 1. The lowest BCUT2D eigenvalue weighted by molar-refractivity contribution is -0.134. The summed E-state index contributed by atoms with van der Waals surface area (Å²) >= 11 is 0. The molecule has 0 bridgehead atoms. The van der Waals surface area contributed by atoms with Gasteiger partial charge in [0.05, 0.1) is 34.8 Å². The lowest BCUT2D eigenvalue weighted by Crippen LogP contribution is -2.59. The van der Waals surface area contributed by atoms with Crippen LogP contribution in [0.1, 0.15) is 84.2 Å². The maximum Gasteiger partial charge on any atom is 0.238 e. The fourth-order valence-electron chi connectivity index (χ4n) is 8.79. The van der Waals surface area contributed by atoms with Crippen LogP contribution in [-0.2, 0) is 15.0 Å². The van der Waals surface area contributed by atoms with E-state index < -0.39 is 11.2 Å². The number of hydrogen-bond acceptors (Lipinski definition) is 7. The smallest absolute Gasteiger partial charge is 0.238 e. The van der Waals surface area contributed by atoms with E-state index in [0.29, 0.717) is 49.5 Å². The van der Waals surface area contributed by atoms with E-state index in [4.69, 9.17) is 9.97 Å². The molecule has 6 heterocycles. The summed E-state index contributed by atoms with van der Waals surface area (Å²) in [6.45, 7) is 10.4. The summed E-state index contributed by atoms with van der Waals surface area (Å²) in [6.07, 6.45) is 11.5. The molecule has 3 fully saturated rings. The number of fused-ring (bicyclic) bond motifs is 3. The summed E-state index contributed by atoms with van der Waals surface area (Å²) < 4.78 is 16.8. The number of hydrogen-bond donors (Lipinski definition) is 1. The number of anilines is 3. The molecule has 11 heteroatoms. The first kappa shape index (κ1) is 31.9. The molecule has 2 saturated heterocycles. The summed E-state index contributed by atoms with van der Waals surface area (Å²) in [7, 11) is 0. The Morgan fingerprint density at radius 3 is 2.57 bits per heavy atom. The number of nitrogens with one attached hydrogen (secondary N) is 1. The van der Waals surface area contributed by atoms with E-state index >= 15 is 0 Å².